The number of allylic oxidation sites excluding steroid dienone is 2. The van der Waals surface area contributed by atoms with Crippen molar-refractivity contribution in [3.8, 4) is 0 Å². The van der Waals surface area contributed by atoms with E-state index in [9.17, 15) is 0 Å². The summed E-state index contributed by atoms with van der Waals surface area (Å²) in [7, 11) is 0. The maximum atomic E-state index is 4.47. The highest BCUT2D eigenvalue weighted by Crippen LogP contribution is 2.43. The molecular formula is C51H84. The fourth-order valence-corrected chi connectivity index (χ4v) is 6.30. The van der Waals surface area contributed by atoms with Crippen molar-refractivity contribution in [2.24, 2.45) is 10.8 Å². The van der Waals surface area contributed by atoms with Gasteiger partial charge in [-0.2, -0.15) is 0 Å². The van der Waals surface area contributed by atoms with E-state index in [1.165, 1.54) is 88.6 Å². The van der Waals surface area contributed by atoms with Crippen LogP contribution >= 0.6 is 0 Å². The molecule has 0 radical (unpaired) electrons. The van der Waals surface area contributed by atoms with Crippen LogP contribution in [0.5, 0.6) is 0 Å². The van der Waals surface area contributed by atoms with Gasteiger partial charge in [0.05, 0.1) is 0 Å². The number of hydrogen-bond donors (Lipinski definition) is 0. The molecule has 1 unspecified atom stereocenters. The third kappa shape index (κ3) is 18.0. The Morgan fingerprint density at radius 2 is 1.27 bits per heavy atom. The van der Waals surface area contributed by atoms with Gasteiger partial charge in [0, 0.05) is 5.41 Å². The summed E-state index contributed by atoms with van der Waals surface area (Å²) in [6, 6.07) is 25.8. The second-order valence-electron chi connectivity index (χ2n) is 16.5. The van der Waals surface area contributed by atoms with Gasteiger partial charge in [0.15, 0.2) is 0 Å². The summed E-state index contributed by atoms with van der Waals surface area (Å²) in [5, 5.41) is 0. The summed E-state index contributed by atoms with van der Waals surface area (Å²) < 4.78 is 0. The number of hydrogen-bond acceptors (Lipinski definition) is 0. The van der Waals surface area contributed by atoms with Crippen molar-refractivity contribution in [2.75, 3.05) is 0 Å². The Balaban J connectivity index is 0. The topological polar surface area (TPSA) is 0 Å². The molecule has 288 valence electrons. The predicted molar refractivity (Wildman–Crippen MR) is 237 cm³/mol. The maximum Gasteiger partial charge on any atom is 0.0280 e. The standard InChI is InChI=1S/C41H56.C6H14.C2H6.2CH4/c1-10-32(5)18-14-12-17-21-37-27-38(23-22-34(37)7)41(28-31(3)4,30-35-19-15-13-16-20-35)39-25-33(6)24-36(26-39)29-40(8,9)11-2;1-5-6(2,3)4;1-2;;/h13,15-16,19-20,22-27H,3,5,10-12,14,17-18,21,28-30H2,1-2,4,6-9H3;5H2,1-4H3;1-2H3;2*1H4. The smallest absolute Gasteiger partial charge is 0.0280 e. The van der Waals surface area contributed by atoms with Crippen LogP contribution in [0.2, 0.25) is 0 Å². The molecule has 3 rings (SSSR count). The Kier molecular flexibility index (Phi) is 24.0. The molecule has 3 aromatic carbocycles. The van der Waals surface area contributed by atoms with E-state index < -0.39 is 0 Å². The highest BCUT2D eigenvalue weighted by Gasteiger charge is 2.36. The molecule has 0 aliphatic heterocycles. The largest absolute Gasteiger partial charge is 0.100 e. The molecule has 0 heterocycles. The summed E-state index contributed by atoms with van der Waals surface area (Å²) in [6.45, 7) is 37.7. The van der Waals surface area contributed by atoms with Gasteiger partial charge in [-0.05, 0) is 116 Å². The Hall–Kier alpha value is -2.86. The fraction of sp³-hybridized carbons (Fsp3) is 0.569. The summed E-state index contributed by atoms with van der Waals surface area (Å²) in [5.74, 6) is 0. The van der Waals surface area contributed by atoms with E-state index in [0.717, 1.165) is 32.1 Å². The first kappa shape index (κ1) is 50.2. The van der Waals surface area contributed by atoms with E-state index >= 15 is 0 Å². The molecule has 0 amide bonds. The Bertz CT molecular complexity index is 1390. The number of rotatable bonds is 16. The van der Waals surface area contributed by atoms with Crippen molar-refractivity contribution in [3.05, 3.63) is 130 Å². The van der Waals surface area contributed by atoms with E-state index in [2.05, 4.69) is 156 Å². The second kappa shape index (κ2) is 24.4. The first-order valence-electron chi connectivity index (χ1n) is 19.6. The molecule has 0 aliphatic carbocycles. The zero-order valence-electron chi connectivity index (χ0n) is 34.5. The molecule has 1 atom stereocenters. The van der Waals surface area contributed by atoms with Crippen LogP contribution < -0.4 is 0 Å². The molecule has 0 spiro atoms. The summed E-state index contributed by atoms with van der Waals surface area (Å²) in [5.41, 5.74) is 13.2. The van der Waals surface area contributed by atoms with Crippen LogP contribution in [0.3, 0.4) is 0 Å². The highest BCUT2D eigenvalue weighted by atomic mass is 14.4. The Labute approximate surface area is 320 Å². The normalized spacial score (nSPS) is 12.1. The van der Waals surface area contributed by atoms with E-state index in [-0.39, 0.29) is 25.7 Å². The van der Waals surface area contributed by atoms with Gasteiger partial charge in [0.1, 0.15) is 0 Å². The van der Waals surface area contributed by atoms with Crippen molar-refractivity contribution in [3.63, 3.8) is 0 Å². The molecule has 0 fully saturated rings. The van der Waals surface area contributed by atoms with Gasteiger partial charge in [-0.15, -0.1) is 6.58 Å². The SMILES string of the molecule is C.C.C=C(C)CC(Cc1ccccc1)(c1cc(C)cc(CC(C)(C)CC)c1)c1ccc(C)c(CCCCCC(=C)CC)c1.CC.CCC(C)(C)C. The lowest BCUT2D eigenvalue weighted by Crippen LogP contribution is -2.32. The van der Waals surface area contributed by atoms with Crippen molar-refractivity contribution >= 4 is 0 Å². The third-order valence-electron chi connectivity index (χ3n) is 10.2. The minimum Gasteiger partial charge on any atom is -0.100 e. The van der Waals surface area contributed by atoms with Crippen LogP contribution in [0, 0.1) is 24.7 Å². The van der Waals surface area contributed by atoms with Crippen molar-refractivity contribution in [1.29, 1.82) is 0 Å². The molecule has 0 saturated heterocycles. The van der Waals surface area contributed by atoms with Gasteiger partial charge >= 0.3 is 0 Å². The lowest BCUT2D eigenvalue weighted by molar-refractivity contribution is 0.349. The third-order valence-corrected chi connectivity index (χ3v) is 10.2. The minimum atomic E-state index is -0.175. The van der Waals surface area contributed by atoms with Crippen LogP contribution in [-0.4, -0.2) is 0 Å². The molecule has 0 heteroatoms. The lowest BCUT2D eigenvalue weighted by atomic mass is 9.65. The number of unbranched alkanes of at least 4 members (excludes halogenated alkanes) is 2. The van der Waals surface area contributed by atoms with E-state index in [0.29, 0.717) is 5.41 Å². The van der Waals surface area contributed by atoms with Gasteiger partial charge in [-0.25, -0.2) is 0 Å². The molecule has 0 saturated carbocycles. The van der Waals surface area contributed by atoms with Gasteiger partial charge in [-0.3, -0.25) is 0 Å². The lowest BCUT2D eigenvalue weighted by Gasteiger charge is -2.37. The van der Waals surface area contributed by atoms with Gasteiger partial charge in [-0.1, -0.05) is 193 Å². The van der Waals surface area contributed by atoms with E-state index in [1.807, 2.05) is 13.8 Å². The van der Waals surface area contributed by atoms with Crippen molar-refractivity contribution in [2.45, 2.75) is 181 Å². The Morgan fingerprint density at radius 1 is 0.667 bits per heavy atom. The van der Waals surface area contributed by atoms with Crippen molar-refractivity contribution < 1.29 is 0 Å². The second-order valence-corrected chi connectivity index (χ2v) is 16.5. The maximum absolute atomic E-state index is 4.47. The van der Waals surface area contributed by atoms with Crippen LogP contribution in [0.15, 0.2) is 91.0 Å². The fourth-order valence-electron chi connectivity index (χ4n) is 6.30. The van der Waals surface area contributed by atoms with Crippen molar-refractivity contribution in [1.82, 2.24) is 0 Å². The van der Waals surface area contributed by atoms with Crippen LogP contribution in [-0.2, 0) is 24.7 Å². The van der Waals surface area contributed by atoms with Crippen LogP contribution in [0.1, 0.15) is 181 Å². The van der Waals surface area contributed by atoms with Crippen LogP contribution in [0.4, 0.5) is 0 Å². The molecular weight excluding hydrogens is 613 g/mol. The van der Waals surface area contributed by atoms with Gasteiger partial charge in [0.25, 0.3) is 0 Å². The van der Waals surface area contributed by atoms with E-state index in [4.69, 9.17) is 0 Å². The average molecular weight is 697 g/mol. The molecule has 0 aromatic heterocycles. The van der Waals surface area contributed by atoms with Gasteiger partial charge in [0.2, 0.25) is 0 Å². The molecule has 0 aliphatic rings. The number of benzene rings is 3. The van der Waals surface area contributed by atoms with Gasteiger partial charge < -0.3 is 0 Å². The summed E-state index contributed by atoms with van der Waals surface area (Å²) in [4.78, 5) is 0. The zero-order valence-corrected chi connectivity index (χ0v) is 34.5. The molecule has 51 heavy (non-hydrogen) atoms. The molecule has 3 aromatic rings. The van der Waals surface area contributed by atoms with Crippen LogP contribution in [0.25, 0.3) is 0 Å². The average Bonchev–Trinajstić information content (AvgIpc) is 3.05. The summed E-state index contributed by atoms with van der Waals surface area (Å²) in [6.07, 6.45) is 12.6. The summed E-state index contributed by atoms with van der Waals surface area (Å²) >= 11 is 0. The van der Waals surface area contributed by atoms with E-state index in [1.54, 1.807) is 0 Å². The quantitative estimate of drug-likeness (QED) is 0.103. The molecule has 0 N–H and O–H groups in total. The minimum absolute atomic E-state index is 0. The monoisotopic (exact) mass is 697 g/mol. The zero-order chi connectivity index (χ0) is 37.3. The first-order chi connectivity index (χ1) is 23.0. The number of aryl methyl sites for hydroxylation is 3. The highest BCUT2D eigenvalue weighted by molar-refractivity contribution is 5.48. The molecule has 0 bridgehead atoms. The first-order valence-corrected chi connectivity index (χ1v) is 19.6. The Morgan fingerprint density at radius 3 is 1.80 bits per heavy atom. The predicted octanol–water partition coefficient (Wildman–Crippen LogP) is 16.6. The molecule has 0 nitrogen and oxygen atoms in total.